The van der Waals surface area contributed by atoms with Crippen LogP contribution in [0.4, 0.5) is 0 Å². The number of carboxylic acid groups (broad SMARTS) is 1. The first kappa shape index (κ1) is 15.2. The minimum atomic E-state index is -0.908. The van der Waals surface area contributed by atoms with Gasteiger partial charge in [0, 0.05) is 16.5 Å². The van der Waals surface area contributed by atoms with E-state index in [0.717, 1.165) is 17.7 Å². The molecule has 1 aromatic carbocycles. The maximum Gasteiger partial charge on any atom is 0.326 e. The van der Waals surface area contributed by atoms with Gasteiger partial charge in [-0.15, -0.1) is 11.8 Å². The third-order valence-corrected chi connectivity index (χ3v) is 4.53. The van der Waals surface area contributed by atoms with E-state index >= 15 is 0 Å². The van der Waals surface area contributed by atoms with Crippen molar-refractivity contribution in [3.05, 3.63) is 29.3 Å². The summed E-state index contributed by atoms with van der Waals surface area (Å²) >= 11 is 7.20. The first-order valence-corrected chi connectivity index (χ1v) is 7.85. The minimum absolute atomic E-state index is 0.114. The number of aliphatic carboxylic acids is 1. The number of hydrogen-bond acceptors (Lipinski definition) is 3. The summed E-state index contributed by atoms with van der Waals surface area (Å²) in [6, 6.07) is 6.59. The molecule has 0 spiro atoms. The van der Waals surface area contributed by atoms with Gasteiger partial charge in [0.25, 0.3) is 0 Å². The van der Waals surface area contributed by atoms with E-state index in [1.54, 1.807) is 12.1 Å². The van der Waals surface area contributed by atoms with Crippen LogP contribution in [0.15, 0.2) is 29.2 Å². The Labute approximate surface area is 127 Å². The zero-order chi connectivity index (χ0) is 14.5. The molecule has 20 heavy (non-hydrogen) atoms. The highest BCUT2D eigenvalue weighted by molar-refractivity contribution is 8.00. The summed E-state index contributed by atoms with van der Waals surface area (Å²) in [5.41, 5.74) is 0. The van der Waals surface area contributed by atoms with Gasteiger partial charge in [0.15, 0.2) is 0 Å². The van der Waals surface area contributed by atoms with Crippen LogP contribution in [0.5, 0.6) is 0 Å². The van der Waals surface area contributed by atoms with Crippen LogP contribution < -0.4 is 0 Å². The summed E-state index contributed by atoms with van der Waals surface area (Å²) < 4.78 is 0. The Morgan fingerprint density at radius 1 is 1.30 bits per heavy atom. The van der Waals surface area contributed by atoms with Crippen LogP contribution in [0.1, 0.15) is 19.3 Å². The second-order valence-corrected chi connectivity index (χ2v) is 6.16. The van der Waals surface area contributed by atoms with Crippen molar-refractivity contribution < 1.29 is 14.7 Å². The monoisotopic (exact) mass is 313 g/mol. The number of piperidine rings is 1. The summed E-state index contributed by atoms with van der Waals surface area (Å²) in [6.07, 6.45) is 2.29. The van der Waals surface area contributed by atoms with Crippen LogP contribution in [0.3, 0.4) is 0 Å². The number of thioether (sulfide) groups is 1. The number of halogens is 1. The summed E-state index contributed by atoms with van der Waals surface area (Å²) in [5.74, 6) is -0.766. The molecule has 6 heteroatoms. The maximum absolute atomic E-state index is 12.2. The van der Waals surface area contributed by atoms with Gasteiger partial charge in [-0.1, -0.05) is 11.6 Å². The molecule has 1 aliphatic rings. The third kappa shape index (κ3) is 3.90. The quantitative estimate of drug-likeness (QED) is 0.868. The maximum atomic E-state index is 12.2. The van der Waals surface area contributed by atoms with E-state index in [1.165, 1.54) is 16.7 Å². The molecule has 2 rings (SSSR count). The molecule has 0 bridgehead atoms. The molecular weight excluding hydrogens is 298 g/mol. The van der Waals surface area contributed by atoms with Gasteiger partial charge in [-0.25, -0.2) is 4.79 Å². The number of likely N-dealkylation sites (tertiary alicyclic amines) is 1. The number of benzene rings is 1. The van der Waals surface area contributed by atoms with E-state index in [4.69, 9.17) is 16.7 Å². The van der Waals surface area contributed by atoms with Gasteiger partial charge in [0.2, 0.25) is 5.91 Å². The smallest absolute Gasteiger partial charge is 0.326 e. The number of carbonyl (C=O) groups excluding carboxylic acids is 1. The summed E-state index contributed by atoms with van der Waals surface area (Å²) in [4.78, 5) is 25.8. The Hall–Kier alpha value is -1.20. The molecule has 1 fully saturated rings. The lowest BCUT2D eigenvalue weighted by atomic mass is 10.0. The molecule has 0 aromatic heterocycles. The molecule has 0 unspecified atom stereocenters. The second-order valence-electron chi connectivity index (χ2n) is 4.68. The minimum Gasteiger partial charge on any atom is -0.480 e. The fourth-order valence-electron chi connectivity index (χ4n) is 2.25. The highest BCUT2D eigenvalue weighted by Gasteiger charge is 2.31. The highest BCUT2D eigenvalue weighted by atomic mass is 35.5. The van der Waals surface area contributed by atoms with E-state index in [9.17, 15) is 9.59 Å². The van der Waals surface area contributed by atoms with E-state index < -0.39 is 12.0 Å². The Bertz CT molecular complexity index is 492. The molecule has 4 nitrogen and oxygen atoms in total. The zero-order valence-corrected chi connectivity index (χ0v) is 12.5. The average Bonchev–Trinajstić information content (AvgIpc) is 2.46. The Morgan fingerprint density at radius 3 is 2.65 bits per heavy atom. The molecule has 1 N–H and O–H groups in total. The molecule has 1 atom stereocenters. The van der Waals surface area contributed by atoms with Crippen molar-refractivity contribution >= 4 is 35.2 Å². The molecule has 1 saturated heterocycles. The van der Waals surface area contributed by atoms with Crippen molar-refractivity contribution in [1.29, 1.82) is 0 Å². The van der Waals surface area contributed by atoms with Gasteiger partial charge in [0.05, 0.1) is 5.75 Å². The lowest BCUT2D eigenvalue weighted by Gasteiger charge is -2.32. The van der Waals surface area contributed by atoms with E-state index in [0.29, 0.717) is 18.0 Å². The average molecular weight is 314 g/mol. The molecule has 0 radical (unpaired) electrons. The predicted octanol–water partition coefficient (Wildman–Crippen LogP) is 2.90. The van der Waals surface area contributed by atoms with Crippen LogP contribution in [-0.4, -0.2) is 40.2 Å². The van der Waals surface area contributed by atoms with E-state index in [1.807, 2.05) is 12.1 Å². The van der Waals surface area contributed by atoms with Crippen molar-refractivity contribution in [3.63, 3.8) is 0 Å². The van der Waals surface area contributed by atoms with Gasteiger partial charge >= 0.3 is 5.97 Å². The molecule has 1 aromatic rings. The van der Waals surface area contributed by atoms with Gasteiger partial charge in [0.1, 0.15) is 6.04 Å². The molecule has 1 heterocycles. The number of amides is 1. The van der Waals surface area contributed by atoms with Crippen molar-refractivity contribution in [2.45, 2.75) is 30.2 Å². The van der Waals surface area contributed by atoms with Crippen molar-refractivity contribution in [2.24, 2.45) is 0 Å². The van der Waals surface area contributed by atoms with Crippen LogP contribution >= 0.6 is 23.4 Å². The number of carboxylic acids is 1. The van der Waals surface area contributed by atoms with Crippen molar-refractivity contribution in [3.8, 4) is 0 Å². The standard InChI is InChI=1S/C14H16ClNO3S/c15-10-4-6-11(7-5-10)20-9-13(17)16-8-2-1-3-12(16)14(18)19/h4-7,12H,1-3,8-9H2,(H,18,19)/t12-/m0/s1. The Balaban J connectivity index is 1.93. The Morgan fingerprint density at radius 2 is 2.00 bits per heavy atom. The second kappa shape index (κ2) is 6.99. The van der Waals surface area contributed by atoms with Crippen LogP contribution in [0, 0.1) is 0 Å². The molecular formula is C14H16ClNO3S. The lowest BCUT2D eigenvalue weighted by Crippen LogP contribution is -2.48. The summed E-state index contributed by atoms with van der Waals surface area (Å²) in [5, 5.41) is 9.81. The highest BCUT2D eigenvalue weighted by Crippen LogP contribution is 2.23. The molecule has 1 amide bonds. The number of carbonyl (C=O) groups is 2. The number of nitrogens with zero attached hydrogens (tertiary/aromatic N) is 1. The van der Waals surface area contributed by atoms with Crippen LogP contribution in [0.25, 0.3) is 0 Å². The first-order valence-electron chi connectivity index (χ1n) is 6.48. The normalized spacial score (nSPS) is 18.9. The SMILES string of the molecule is O=C(O)[C@@H]1CCCCN1C(=O)CSc1ccc(Cl)cc1. The molecule has 1 aliphatic heterocycles. The molecule has 0 aliphatic carbocycles. The predicted molar refractivity (Wildman–Crippen MR) is 79.2 cm³/mol. The summed E-state index contributed by atoms with van der Waals surface area (Å²) in [7, 11) is 0. The van der Waals surface area contributed by atoms with E-state index in [-0.39, 0.29) is 11.7 Å². The number of hydrogen-bond donors (Lipinski definition) is 1. The fraction of sp³-hybridized carbons (Fsp3) is 0.429. The van der Waals surface area contributed by atoms with Gasteiger partial charge in [-0.05, 0) is 43.5 Å². The van der Waals surface area contributed by atoms with Gasteiger partial charge in [-0.2, -0.15) is 0 Å². The third-order valence-electron chi connectivity index (χ3n) is 3.28. The van der Waals surface area contributed by atoms with Gasteiger partial charge < -0.3 is 10.0 Å². The topological polar surface area (TPSA) is 57.6 Å². The largest absolute Gasteiger partial charge is 0.480 e. The van der Waals surface area contributed by atoms with Crippen LogP contribution in [-0.2, 0) is 9.59 Å². The Kier molecular flexibility index (Phi) is 5.31. The lowest BCUT2D eigenvalue weighted by molar-refractivity contribution is -0.150. The zero-order valence-electron chi connectivity index (χ0n) is 10.9. The fourth-order valence-corrected chi connectivity index (χ4v) is 3.16. The van der Waals surface area contributed by atoms with Crippen molar-refractivity contribution in [1.82, 2.24) is 4.90 Å². The summed E-state index contributed by atoms with van der Waals surface area (Å²) in [6.45, 7) is 0.539. The molecule has 0 saturated carbocycles. The first-order chi connectivity index (χ1) is 9.58. The van der Waals surface area contributed by atoms with Crippen molar-refractivity contribution in [2.75, 3.05) is 12.3 Å². The number of rotatable bonds is 4. The van der Waals surface area contributed by atoms with E-state index in [2.05, 4.69) is 0 Å². The molecule has 108 valence electrons. The van der Waals surface area contributed by atoms with Gasteiger partial charge in [-0.3, -0.25) is 4.79 Å². The van der Waals surface area contributed by atoms with Crippen LogP contribution in [0.2, 0.25) is 5.02 Å².